The molecule has 1 saturated heterocycles. The molecule has 1 heterocycles. The van der Waals surface area contributed by atoms with Crippen LogP contribution in [0.4, 0.5) is 5.69 Å². The first-order chi connectivity index (χ1) is 13.5. The minimum Gasteiger partial charge on any atom is -0.496 e. The van der Waals surface area contributed by atoms with Crippen LogP contribution in [-0.2, 0) is 17.9 Å². The van der Waals surface area contributed by atoms with Crippen molar-refractivity contribution in [1.29, 1.82) is 0 Å². The Balaban J connectivity index is 1.50. The lowest BCUT2D eigenvalue weighted by Crippen LogP contribution is -2.30. The molecule has 2 aromatic rings. The number of nitrogens with zero attached hydrogens (tertiary/aromatic N) is 2. The van der Waals surface area contributed by atoms with Crippen molar-refractivity contribution in [3.63, 3.8) is 0 Å². The van der Waals surface area contributed by atoms with Crippen LogP contribution in [0.2, 0.25) is 0 Å². The number of anilines is 1. The molecule has 1 fully saturated rings. The quantitative estimate of drug-likeness (QED) is 0.758. The molecule has 0 bridgehead atoms. The summed E-state index contributed by atoms with van der Waals surface area (Å²) in [6.45, 7) is 6.42. The summed E-state index contributed by atoms with van der Waals surface area (Å²) in [4.78, 5) is 16.9. The van der Waals surface area contributed by atoms with E-state index in [9.17, 15) is 4.79 Å². The Morgan fingerprint density at radius 3 is 2.54 bits per heavy atom. The smallest absolute Gasteiger partial charge is 0.238 e. The van der Waals surface area contributed by atoms with Gasteiger partial charge >= 0.3 is 0 Å². The number of aryl methyl sites for hydroxylation is 1. The minimum atomic E-state index is -0.0126. The highest BCUT2D eigenvalue weighted by atomic mass is 16.5. The maximum absolute atomic E-state index is 12.4. The van der Waals surface area contributed by atoms with Gasteiger partial charge < -0.3 is 10.1 Å². The summed E-state index contributed by atoms with van der Waals surface area (Å²) in [5.41, 5.74) is 4.41. The first-order valence-corrected chi connectivity index (χ1v) is 9.96. The summed E-state index contributed by atoms with van der Waals surface area (Å²) in [6.07, 6.45) is 2.60. The lowest BCUT2D eigenvalue weighted by Gasteiger charge is -2.19. The second-order valence-electron chi connectivity index (χ2n) is 7.72. The standard InChI is InChI=1S/C23H31N3O2/c1-18-6-11-22(28-3)20(14-18)16-25(2)17-23(27)24-21-9-7-19(8-10-21)15-26-12-4-5-13-26/h6-11,14H,4-5,12-13,15-17H2,1-3H3,(H,24,27). The van der Waals surface area contributed by atoms with E-state index in [0.717, 1.165) is 23.5 Å². The Hall–Kier alpha value is -2.37. The third kappa shape index (κ3) is 5.81. The molecule has 1 N–H and O–H groups in total. The number of ether oxygens (including phenoxy) is 1. The van der Waals surface area contributed by atoms with E-state index < -0.39 is 0 Å². The Bertz CT molecular complexity index is 783. The number of carbonyl (C=O) groups excluding carboxylic acids is 1. The number of carbonyl (C=O) groups is 1. The molecule has 0 aliphatic carbocycles. The van der Waals surface area contributed by atoms with Crippen LogP contribution >= 0.6 is 0 Å². The van der Waals surface area contributed by atoms with Crippen molar-refractivity contribution in [3.8, 4) is 5.75 Å². The monoisotopic (exact) mass is 381 g/mol. The lowest BCUT2D eigenvalue weighted by atomic mass is 10.1. The fraction of sp³-hybridized carbons (Fsp3) is 0.435. The van der Waals surface area contributed by atoms with Gasteiger partial charge in [0.2, 0.25) is 5.91 Å². The van der Waals surface area contributed by atoms with Crippen LogP contribution in [-0.4, -0.2) is 49.5 Å². The molecule has 0 aromatic heterocycles. The highest BCUT2D eigenvalue weighted by Gasteiger charge is 2.13. The van der Waals surface area contributed by atoms with E-state index >= 15 is 0 Å². The van der Waals surface area contributed by atoms with Crippen LogP contribution in [0.25, 0.3) is 0 Å². The average molecular weight is 382 g/mol. The fourth-order valence-corrected chi connectivity index (χ4v) is 3.72. The number of rotatable bonds is 8. The van der Waals surface area contributed by atoms with Gasteiger partial charge in [-0.25, -0.2) is 0 Å². The van der Waals surface area contributed by atoms with E-state index in [-0.39, 0.29) is 5.91 Å². The Morgan fingerprint density at radius 2 is 1.86 bits per heavy atom. The molecule has 0 atom stereocenters. The molecule has 1 aliphatic rings. The first kappa shape index (κ1) is 20.4. The highest BCUT2D eigenvalue weighted by molar-refractivity contribution is 5.92. The Labute approximate surface area is 168 Å². The second kappa shape index (κ2) is 9.71. The van der Waals surface area contributed by atoms with Crippen molar-refractivity contribution in [3.05, 3.63) is 59.2 Å². The zero-order valence-electron chi connectivity index (χ0n) is 17.2. The number of likely N-dealkylation sites (tertiary alicyclic amines) is 1. The van der Waals surface area contributed by atoms with E-state index in [1.807, 2.05) is 36.2 Å². The number of likely N-dealkylation sites (N-methyl/N-ethyl adjacent to an activating group) is 1. The largest absolute Gasteiger partial charge is 0.496 e. The zero-order chi connectivity index (χ0) is 19.9. The maximum Gasteiger partial charge on any atom is 0.238 e. The highest BCUT2D eigenvalue weighted by Crippen LogP contribution is 2.21. The molecule has 150 valence electrons. The first-order valence-electron chi connectivity index (χ1n) is 9.96. The van der Waals surface area contributed by atoms with Gasteiger partial charge in [0, 0.05) is 24.3 Å². The molecule has 0 radical (unpaired) electrons. The van der Waals surface area contributed by atoms with Gasteiger partial charge in [-0.2, -0.15) is 0 Å². The fourth-order valence-electron chi connectivity index (χ4n) is 3.72. The van der Waals surface area contributed by atoms with E-state index in [4.69, 9.17) is 4.74 Å². The number of benzene rings is 2. The van der Waals surface area contributed by atoms with Crippen molar-refractivity contribution >= 4 is 11.6 Å². The predicted octanol–water partition coefficient (Wildman–Crippen LogP) is 3.67. The van der Waals surface area contributed by atoms with Crippen LogP contribution in [0.3, 0.4) is 0 Å². The summed E-state index contributed by atoms with van der Waals surface area (Å²) in [7, 11) is 3.62. The van der Waals surface area contributed by atoms with E-state index in [0.29, 0.717) is 13.1 Å². The molecular weight excluding hydrogens is 350 g/mol. The van der Waals surface area contributed by atoms with Gasteiger partial charge in [-0.3, -0.25) is 14.6 Å². The molecule has 3 rings (SSSR count). The number of hydrogen-bond donors (Lipinski definition) is 1. The van der Waals surface area contributed by atoms with Crippen molar-refractivity contribution in [2.45, 2.75) is 32.9 Å². The summed E-state index contributed by atoms with van der Waals surface area (Å²) in [6, 6.07) is 14.3. The van der Waals surface area contributed by atoms with Gasteiger partial charge in [0.05, 0.1) is 13.7 Å². The van der Waals surface area contributed by atoms with E-state index in [2.05, 4.69) is 35.3 Å². The summed E-state index contributed by atoms with van der Waals surface area (Å²) in [5, 5.41) is 2.99. The number of hydrogen-bond acceptors (Lipinski definition) is 4. The van der Waals surface area contributed by atoms with Crippen molar-refractivity contribution < 1.29 is 9.53 Å². The summed E-state index contributed by atoms with van der Waals surface area (Å²) >= 11 is 0. The van der Waals surface area contributed by atoms with Gasteiger partial charge in [0.15, 0.2) is 0 Å². The van der Waals surface area contributed by atoms with Crippen LogP contribution in [0.1, 0.15) is 29.5 Å². The van der Waals surface area contributed by atoms with Gasteiger partial charge in [-0.15, -0.1) is 0 Å². The summed E-state index contributed by atoms with van der Waals surface area (Å²) in [5.74, 6) is 0.841. The van der Waals surface area contributed by atoms with Crippen molar-refractivity contribution in [2.75, 3.05) is 39.1 Å². The SMILES string of the molecule is COc1ccc(C)cc1CN(C)CC(=O)Nc1ccc(CN2CCCC2)cc1. The number of methoxy groups -OCH3 is 1. The van der Waals surface area contributed by atoms with Crippen LogP contribution < -0.4 is 10.1 Å². The molecule has 5 nitrogen and oxygen atoms in total. The molecule has 0 spiro atoms. The number of nitrogens with one attached hydrogen (secondary N) is 1. The van der Waals surface area contributed by atoms with Crippen molar-refractivity contribution in [2.24, 2.45) is 0 Å². The molecule has 5 heteroatoms. The van der Waals surface area contributed by atoms with Crippen molar-refractivity contribution in [1.82, 2.24) is 9.80 Å². The maximum atomic E-state index is 12.4. The normalized spacial score (nSPS) is 14.4. The van der Waals surface area contributed by atoms with Gasteiger partial charge in [0.1, 0.15) is 5.75 Å². The number of amides is 1. The molecule has 1 amide bonds. The predicted molar refractivity (Wildman–Crippen MR) is 114 cm³/mol. The topological polar surface area (TPSA) is 44.8 Å². The minimum absolute atomic E-state index is 0.0126. The van der Waals surface area contributed by atoms with Crippen LogP contribution in [0.15, 0.2) is 42.5 Å². The van der Waals surface area contributed by atoms with Gasteiger partial charge in [-0.05, 0) is 63.7 Å². The van der Waals surface area contributed by atoms with E-state index in [1.54, 1.807) is 7.11 Å². The molecule has 0 saturated carbocycles. The molecular formula is C23H31N3O2. The molecule has 2 aromatic carbocycles. The van der Waals surface area contributed by atoms with Gasteiger partial charge in [0.25, 0.3) is 0 Å². The van der Waals surface area contributed by atoms with E-state index in [1.165, 1.54) is 37.1 Å². The molecule has 1 aliphatic heterocycles. The van der Waals surface area contributed by atoms with Crippen LogP contribution in [0, 0.1) is 6.92 Å². The third-order valence-corrected chi connectivity index (χ3v) is 5.13. The second-order valence-corrected chi connectivity index (χ2v) is 7.72. The third-order valence-electron chi connectivity index (χ3n) is 5.13. The molecule has 28 heavy (non-hydrogen) atoms. The zero-order valence-corrected chi connectivity index (χ0v) is 17.2. The average Bonchev–Trinajstić information content (AvgIpc) is 3.16. The van der Waals surface area contributed by atoms with Gasteiger partial charge in [-0.1, -0.05) is 29.8 Å². The lowest BCUT2D eigenvalue weighted by molar-refractivity contribution is -0.117. The Morgan fingerprint density at radius 1 is 1.14 bits per heavy atom. The molecule has 0 unspecified atom stereocenters. The summed E-state index contributed by atoms with van der Waals surface area (Å²) < 4.78 is 5.43. The van der Waals surface area contributed by atoms with Crippen LogP contribution in [0.5, 0.6) is 5.75 Å². The Kier molecular flexibility index (Phi) is 7.06.